The monoisotopic (exact) mass is 657 g/mol. The Morgan fingerprint density at radius 1 is 0.720 bits per heavy atom. The van der Waals surface area contributed by atoms with E-state index < -0.39 is 11.2 Å². The van der Waals surface area contributed by atoms with Gasteiger partial charge in [0, 0.05) is 30.0 Å². The zero-order valence-corrected chi connectivity index (χ0v) is 28.9. The first-order chi connectivity index (χ1) is 24.4. The number of aromatic nitrogens is 4. The largest absolute Gasteiger partial charge is 0.399 e. The molecule has 0 fully saturated rings. The maximum atomic E-state index is 6.57. The van der Waals surface area contributed by atoms with E-state index in [9.17, 15) is 0 Å². The first-order valence-corrected chi connectivity index (χ1v) is 17.3. The van der Waals surface area contributed by atoms with Crippen LogP contribution in [0.4, 0.5) is 0 Å². The number of rotatable bonds is 11. The van der Waals surface area contributed by atoms with E-state index in [-0.39, 0.29) is 0 Å². The van der Waals surface area contributed by atoms with Crippen LogP contribution in [0.3, 0.4) is 0 Å². The summed E-state index contributed by atoms with van der Waals surface area (Å²) in [6.07, 6.45) is 5.07. The Kier molecular flexibility index (Phi) is 9.15. The van der Waals surface area contributed by atoms with Crippen molar-refractivity contribution in [3.8, 4) is 22.5 Å². The van der Waals surface area contributed by atoms with E-state index in [1.54, 1.807) is 0 Å². The van der Waals surface area contributed by atoms with Crippen LogP contribution in [-0.4, -0.2) is 37.3 Å². The summed E-state index contributed by atoms with van der Waals surface area (Å²) in [5, 5.41) is 17.5. The maximum absolute atomic E-state index is 6.57. The normalized spacial score (nSPS) is 16.1. The predicted molar refractivity (Wildman–Crippen MR) is 202 cm³/mol. The highest BCUT2D eigenvalue weighted by Crippen LogP contribution is 2.43. The first kappa shape index (κ1) is 32.7. The van der Waals surface area contributed by atoms with E-state index in [0.29, 0.717) is 5.82 Å². The van der Waals surface area contributed by atoms with Crippen molar-refractivity contribution in [1.82, 2.24) is 30.4 Å². The second-order valence-electron chi connectivity index (χ2n) is 13.1. The fourth-order valence-corrected chi connectivity index (χ4v) is 7.29. The fourth-order valence-electron chi connectivity index (χ4n) is 7.29. The average molecular weight is 658 g/mol. The van der Waals surface area contributed by atoms with Gasteiger partial charge in [-0.3, -0.25) is 4.90 Å². The Morgan fingerprint density at radius 2 is 1.26 bits per heavy atom. The Bertz CT molecular complexity index is 2010. The molecule has 50 heavy (non-hydrogen) atoms. The number of hydrogen-bond acceptors (Lipinski definition) is 6. The summed E-state index contributed by atoms with van der Waals surface area (Å²) < 4.78 is 2.00. The Labute approximate surface area is 294 Å². The van der Waals surface area contributed by atoms with Crippen molar-refractivity contribution in [3.05, 3.63) is 185 Å². The highest BCUT2D eigenvalue weighted by atomic mass is 15.6. The van der Waals surface area contributed by atoms with Crippen LogP contribution in [-0.2, 0) is 12.1 Å². The molecule has 1 aliphatic rings. The molecule has 1 aromatic heterocycles. The van der Waals surface area contributed by atoms with E-state index in [2.05, 4.69) is 158 Å². The molecule has 5 aromatic carbocycles. The van der Waals surface area contributed by atoms with Gasteiger partial charge in [0.2, 0.25) is 0 Å². The van der Waals surface area contributed by atoms with Crippen LogP contribution in [0.5, 0.6) is 0 Å². The lowest BCUT2D eigenvalue weighted by atomic mass is 9.77. The van der Waals surface area contributed by atoms with Crippen molar-refractivity contribution in [2.45, 2.75) is 44.9 Å². The number of dihydropyridines is 1. The van der Waals surface area contributed by atoms with Gasteiger partial charge in [0.1, 0.15) is 11.2 Å². The van der Waals surface area contributed by atoms with Gasteiger partial charge in [-0.15, -0.1) is 5.10 Å². The number of nitrogens with two attached hydrogens (primary N) is 1. The van der Waals surface area contributed by atoms with Gasteiger partial charge in [-0.05, 0) is 76.2 Å². The molecule has 1 aliphatic heterocycles. The van der Waals surface area contributed by atoms with Gasteiger partial charge >= 0.3 is 0 Å². The number of hydrogen-bond donors (Lipinski definition) is 2. The number of benzene rings is 5. The van der Waals surface area contributed by atoms with Crippen LogP contribution in [0, 0.1) is 0 Å². The van der Waals surface area contributed by atoms with E-state index in [4.69, 9.17) is 16.0 Å². The summed E-state index contributed by atoms with van der Waals surface area (Å²) >= 11 is 0. The molecule has 0 saturated heterocycles. The SMILES string of the molecule is CCCN(Cc1ccc(-c2ccccc2-c2nnnn2C(c2ccccc2)(c2ccccc2)c2ccccc2)cc1)C1(C)NC(C)=CC=C1N. The second kappa shape index (κ2) is 14.0. The smallest absolute Gasteiger partial charge is 0.184 e. The molecule has 1 unspecified atom stereocenters. The minimum absolute atomic E-state index is 0.458. The lowest BCUT2D eigenvalue weighted by molar-refractivity contribution is 0.100. The molecule has 0 spiro atoms. The summed E-state index contributed by atoms with van der Waals surface area (Å²) in [6, 6.07) is 48.7. The molecule has 0 saturated carbocycles. The van der Waals surface area contributed by atoms with Gasteiger partial charge in [0.15, 0.2) is 5.82 Å². The summed E-state index contributed by atoms with van der Waals surface area (Å²) in [7, 11) is 0. The third-order valence-electron chi connectivity index (χ3n) is 9.81. The molecular formula is C43H43N7. The highest BCUT2D eigenvalue weighted by molar-refractivity contribution is 5.81. The van der Waals surface area contributed by atoms with Crippen molar-refractivity contribution >= 4 is 0 Å². The summed E-state index contributed by atoms with van der Waals surface area (Å²) in [5.41, 5.74) is 14.7. The molecule has 250 valence electrons. The third-order valence-corrected chi connectivity index (χ3v) is 9.81. The van der Waals surface area contributed by atoms with Gasteiger partial charge in [0.05, 0.1) is 0 Å². The Hall–Kier alpha value is -5.79. The molecule has 0 radical (unpaired) electrons. The van der Waals surface area contributed by atoms with Gasteiger partial charge < -0.3 is 11.1 Å². The Balaban J connectivity index is 1.31. The topological polar surface area (TPSA) is 84.9 Å². The van der Waals surface area contributed by atoms with Crippen molar-refractivity contribution in [3.63, 3.8) is 0 Å². The minimum atomic E-state index is -0.838. The molecule has 2 heterocycles. The second-order valence-corrected chi connectivity index (χ2v) is 13.1. The molecular weight excluding hydrogens is 615 g/mol. The standard InChI is InChI=1S/C43H43N7/c1-4-30-49(42(3)40(44)29-24-32(2)45-42)31-33-25-27-34(28-26-33)38-22-14-15-23-39(38)41-46-47-48-50(41)43(35-16-8-5-9-17-35,36-18-10-6-11-19-36)37-20-12-7-13-21-37/h5-29,45H,4,30-31,44H2,1-3H3. The summed E-state index contributed by atoms with van der Waals surface area (Å²) in [6.45, 7) is 8.12. The lowest BCUT2D eigenvalue weighted by Gasteiger charge is -2.44. The van der Waals surface area contributed by atoms with E-state index in [1.165, 1.54) is 5.56 Å². The summed E-state index contributed by atoms with van der Waals surface area (Å²) in [4.78, 5) is 2.42. The lowest BCUT2D eigenvalue weighted by Crippen LogP contribution is -2.59. The van der Waals surface area contributed by atoms with Crippen molar-refractivity contribution < 1.29 is 0 Å². The zero-order valence-electron chi connectivity index (χ0n) is 28.9. The van der Waals surface area contributed by atoms with Crippen molar-refractivity contribution in [2.75, 3.05) is 6.54 Å². The van der Waals surface area contributed by atoms with Crippen LogP contribution in [0.1, 0.15) is 49.4 Å². The van der Waals surface area contributed by atoms with Crippen molar-refractivity contribution in [2.24, 2.45) is 5.73 Å². The maximum Gasteiger partial charge on any atom is 0.184 e. The van der Waals surface area contributed by atoms with Crippen LogP contribution >= 0.6 is 0 Å². The average Bonchev–Trinajstić information content (AvgIpc) is 3.65. The van der Waals surface area contributed by atoms with Crippen LogP contribution in [0.25, 0.3) is 22.5 Å². The summed E-state index contributed by atoms with van der Waals surface area (Å²) in [5.74, 6) is 0.678. The third kappa shape index (κ3) is 5.90. The zero-order chi connectivity index (χ0) is 34.6. The van der Waals surface area contributed by atoms with Crippen LogP contribution < -0.4 is 11.1 Å². The van der Waals surface area contributed by atoms with Gasteiger partial charge in [0.25, 0.3) is 0 Å². The highest BCUT2D eigenvalue weighted by Gasteiger charge is 2.42. The fraction of sp³-hybridized carbons (Fsp3) is 0.186. The molecule has 6 aromatic rings. The van der Waals surface area contributed by atoms with E-state index in [1.807, 2.05) is 35.0 Å². The molecule has 3 N–H and O–H groups in total. The molecule has 0 bridgehead atoms. The number of nitrogens with zero attached hydrogens (tertiary/aromatic N) is 5. The van der Waals surface area contributed by atoms with Crippen LogP contribution in [0.15, 0.2) is 163 Å². The van der Waals surface area contributed by atoms with Gasteiger partial charge in [-0.1, -0.05) is 146 Å². The molecule has 1 atom stereocenters. The predicted octanol–water partition coefficient (Wildman–Crippen LogP) is 8.13. The molecule has 7 rings (SSSR count). The quantitative estimate of drug-likeness (QED) is 0.137. The molecule has 7 nitrogen and oxygen atoms in total. The molecule has 0 aliphatic carbocycles. The van der Waals surface area contributed by atoms with Gasteiger partial charge in [-0.2, -0.15) is 0 Å². The van der Waals surface area contributed by atoms with Crippen LogP contribution in [0.2, 0.25) is 0 Å². The molecule has 0 amide bonds. The van der Waals surface area contributed by atoms with Crippen molar-refractivity contribution in [1.29, 1.82) is 0 Å². The molecule has 7 heteroatoms. The minimum Gasteiger partial charge on any atom is -0.399 e. The number of allylic oxidation sites excluding steroid dienone is 3. The first-order valence-electron chi connectivity index (χ1n) is 17.3. The van der Waals surface area contributed by atoms with E-state index >= 15 is 0 Å². The van der Waals surface area contributed by atoms with E-state index in [0.717, 1.165) is 64.3 Å². The Morgan fingerprint density at radius 3 is 1.82 bits per heavy atom. The van der Waals surface area contributed by atoms with Gasteiger partial charge in [-0.25, -0.2) is 4.68 Å². The number of nitrogens with one attached hydrogen (secondary N) is 1. The number of tetrazole rings is 1.